The van der Waals surface area contributed by atoms with Crippen LogP contribution >= 0.6 is 11.3 Å². The standard InChI is InChI=1S/C56H54N2O2S/c1-9-56(10-2)49-33-37(53-57-51-19-11-12-20-52(51)61-53)21-31-47(49)48-32-26-42(36-50(48)56)58(40-15-13-17-45(34-40)59-43-27-22-38(23-28-43)54(3,4)5)41-16-14-18-46(35-41)60-44-29-24-39(25-30-44)55(6,7)8/h11-36H,9-10H2,1-8H3. The van der Waals surface area contributed by atoms with Crippen molar-refractivity contribution in [3.8, 4) is 44.7 Å². The van der Waals surface area contributed by atoms with Crippen molar-refractivity contribution in [2.45, 2.75) is 84.5 Å². The third-order valence-electron chi connectivity index (χ3n) is 12.4. The molecule has 0 N–H and O–H groups in total. The zero-order valence-corrected chi connectivity index (χ0v) is 37.4. The predicted octanol–water partition coefficient (Wildman–Crippen LogP) is 16.7. The van der Waals surface area contributed by atoms with E-state index in [-0.39, 0.29) is 16.2 Å². The summed E-state index contributed by atoms with van der Waals surface area (Å²) in [6.07, 6.45) is 1.95. The lowest BCUT2D eigenvalue weighted by Crippen LogP contribution is -2.23. The maximum absolute atomic E-state index is 6.54. The van der Waals surface area contributed by atoms with Crippen molar-refractivity contribution in [3.05, 3.63) is 180 Å². The molecule has 61 heavy (non-hydrogen) atoms. The molecule has 1 heterocycles. The molecular formula is C56H54N2O2S. The highest BCUT2D eigenvalue weighted by molar-refractivity contribution is 7.21. The van der Waals surface area contributed by atoms with E-state index >= 15 is 0 Å². The van der Waals surface area contributed by atoms with Gasteiger partial charge in [-0.15, -0.1) is 11.3 Å². The molecule has 0 fully saturated rings. The van der Waals surface area contributed by atoms with Crippen LogP contribution in [0.4, 0.5) is 17.1 Å². The Labute approximate surface area is 365 Å². The van der Waals surface area contributed by atoms with Gasteiger partial charge in [-0.3, -0.25) is 0 Å². The topological polar surface area (TPSA) is 34.6 Å². The number of benzene rings is 7. The smallest absolute Gasteiger partial charge is 0.129 e. The van der Waals surface area contributed by atoms with E-state index < -0.39 is 0 Å². The first-order valence-corrected chi connectivity index (χ1v) is 22.4. The Balaban J connectivity index is 1.12. The van der Waals surface area contributed by atoms with Crippen LogP contribution in [0, 0.1) is 0 Å². The van der Waals surface area contributed by atoms with Crippen molar-refractivity contribution in [2.75, 3.05) is 4.90 Å². The summed E-state index contributed by atoms with van der Waals surface area (Å²) in [6.45, 7) is 18.0. The minimum atomic E-state index is -0.159. The van der Waals surface area contributed by atoms with E-state index in [1.165, 1.54) is 43.6 Å². The quantitative estimate of drug-likeness (QED) is 0.138. The van der Waals surface area contributed by atoms with Gasteiger partial charge in [-0.05, 0) is 136 Å². The molecule has 7 aromatic carbocycles. The van der Waals surface area contributed by atoms with E-state index in [1.807, 2.05) is 12.1 Å². The summed E-state index contributed by atoms with van der Waals surface area (Å²) in [5.74, 6) is 3.15. The lowest BCUT2D eigenvalue weighted by atomic mass is 9.73. The molecule has 0 unspecified atom stereocenters. The maximum Gasteiger partial charge on any atom is 0.129 e. The van der Waals surface area contributed by atoms with Crippen LogP contribution in [0.3, 0.4) is 0 Å². The molecule has 1 aromatic heterocycles. The predicted molar refractivity (Wildman–Crippen MR) is 257 cm³/mol. The van der Waals surface area contributed by atoms with Crippen molar-refractivity contribution in [2.24, 2.45) is 0 Å². The first-order chi connectivity index (χ1) is 29.3. The van der Waals surface area contributed by atoms with Gasteiger partial charge in [0, 0.05) is 40.2 Å². The summed E-state index contributed by atoms with van der Waals surface area (Å²) < 4.78 is 14.3. The molecule has 0 aliphatic heterocycles. The van der Waals surface area contributed by atoms with Gasteiger partial charge in [0.1, 0.15) is 28.0 Å². The fourth-order valence-electron chi connectivity index (χ4n) is 8.90. The van der Waals surface area contributed by atoms with Crippen LogP contribution in [0.1, 0.15) is 90.5 Å². The second-order valence-electron chi connectivity index (χ2n) is 18.3. The third kappa shape index (κ3) is 7.72. The Morgan fingerprint density at radius 2 is 1.02 bits per heavy atom. The minimum Gasteiger partial charge on any atom is -0.457 e. The zero-order valence-electron chi connectivity index (χ0n) is 36.5. The summed E-state index contributed by atoms with van der Waals surface area (Å²) in [4.78, 5) is 7.38. The largest absolute Gasteiger partial charge is 0.457 e. The first kappa shape index (κ1) is 40.2. The number of fused-ring (bicyclic) bond motifs is 4. The molecule has 9 rings (SSSR count). The van der Waals surface area contributed by atoms with Crippen molar-refractivity contribution in [1.29, 1.82) is 0 Å². The molecular weight excluding hydrogens is 765 g/mol. The number of rotatable bonds is 10. The number of hydrogen-bond acceptors (Lipinski definition) is 5. The number of nitrogens with zero attached hydrogens (tertiary/aromatic N) is 2. The summed E-state index contributed by atoms with van der Waals surface area (Å²) in [5.41, 5.74) is 13.1. The Morgan fingerprint density at radius 1 is 0.508 bits per heavy atom. The molecule has 0 bridgehead atoms. The van der Waals surface area contributed by atoms with Crippen LogP contribution in [0.2, 0.25) is 0 Å². The van der Waals surface area contributed by atoms with Crippen molar-refractivity contribution < 1.29 is 9.47 Å². The number of thiazole rings is 1. The molecule has 8 aromatic rings. The van der Waals surface area contributed by atoms with E-state index in [4.69, 9.17) is 14.5 Å². The molecule has 4 nitrogen and oxygen atoms in total. The molecule has 0 spiro atoms. The van der Waals surface area contributed by atoms with Crippen LogP contribution in [0.5, 0.6) is 23.0 Å². The molecule has 0 radical (unpaired) electrons. The van der Waals surface area contributed by atoms with Gasteiger partial charge in [0.25, 0.3) is 0 Å². The van der Waals surface area contributed by atoms with Crippen molar-refractivity contribution >= 4 is 38.6 Å². The van der Waals surface area contributed by atoms with Gasteiger partial charge in [-0.25, -0.2) is 4.98 Å². The summed E-state index contributed by atoms with van der Waals surface area (Å²) in [7, 11) is 0. The van der Waals surface area contributed by atoms with Gasteiger partial charge in [-0.2, -0.15) is 0 Å². The SMILES string of the molecule is CCC1(CC)c2cc(-c3nc4ccccc4s3)ccc2-c2ccc(N(c3cccc(Oc4ccc(C(C)(C)C)cc4)c3)c3cccc(Oc4ccc(C(C)(C)C)cc4)c3)cc21. The Kier molecular flexibility index (Phi) is 10.4. The Hall–Kier alpha value is -6.17. The van der Waals surface area contributed by atoms with Gasteiger partial charge in [0.15, 0.2) is 0 Å². The maximum atomic E-state index is 6.54. The van der Waals surface area contributed by atoms with Crippen LogP contribution in [-0.2, 0) is 16.2 Å². The molecule has 1 aliphatic rings. The molecule has 0 saturated carbocycles. The van der Waals surface area contributed by atoms with Crippen LogP contribution in [0.15, 0.2) is 158 Å². The average Bonchev–Trinajstić information content (AvgIpc) is 3.81. The van der Waals surface area contributed by atoms with E-state index in [0.29, 0.717) is 0 Å². The number of para-hydroxylation sites is 1. The summed E-state index contributed by atoms with van der Waals surface area (Å²) in [6, 6.07) is 56.1. The Morgan fingerprint density at radius 3 is 1.54 bits per heavy atom. The highest BCUT2D eigenvalue weighted by atomic mass is 32.1. The monoisotopic (exact) mass is 818 g/mol. The second kappa shape index (κ2) is 15.7. The molecule has 1 aliphatic carbocycles. The van der Waals surface area contributed by atoms with Crippen LogP contribution < -0.4 is 14.4 Å². The highest BCUT2D eigenvalue weighted by Crippen LogP contribution is 2.55. The lowest BCUT2D eigenvalue weighted by Gasteiger charge is -2.32. The Bertz CT molecular complexity index is 2720. The first-order valence-electron chi connectivity index (χ1n) is 21.6. The van der Waals surface area contributed by atoms with Gasteiger partial charge in [-0.1, -0.05) is 122 Å². The molecule has 306 valence electrons. The van der Waals surface area contributed by atoms with Crippen molar-refractivity contribution in [1.82, 2.24) is 4.98 Å². The van der Waals surface area contributed by atoms with Crippen LogP contribution in [0.25, 0.3) is 31.9 Å². The third-order valence-corrected chi connectivity index (χ3v) is 13.5. The molecule has 5 heteroatoms. The van der Waals surface area contributed by atoms with Gasteiger partial charge >= 0.3 is 0 Å². The molecule has 0 amide bonds. The van der Waals surface area contributed by atoms with E-state index in [2.05, 4.69) is 206 Å². The number of ether oxygens (including phenoxy) is 2. The second-order valence-corrected chi connectivity index (χ2v) is 19.4. The number of hydrogen-bond donors (Lipinski definition) is 0. The summed E-state index contributed by atoms with van der Waals surface area (Å²) in [5, 5.41) is 1.06. The fraction of sp³-hybridized carbons (Fsp3) is 0.232. The highest BCUT2D eigenvalue weighted by Gasteiger charge is 2.41. The van der Waals surface area contributed by atoms with Gasteiger partial charge < -0.3 is 14.4 Å². The van der Waals surface area contributed by atoms with Crippen molar-refractivity contribution in [3.63, 3.8) is 0 Å². The minimum absolute atomic E-state index is 0.0656. The normalized spacial score (nSPS) is 13.2. The van der Waals surface area contributed by atoms with Gasteiger partial charge in [0.2, 0.25) is 0 Å². The lowest BCUT2D eigenvalue weighted by molar-refractivity contribution is 0.481. The fourth-order valence-corrected chi connectivity index (χ4v) is 9.86. The van der Waals surface area contributed by atoms with E-state index in [1.54, 1.807) is 11.3 Å². The van der Waals surface area contributed by atoms with E-state index in [0.717, 1.165) is 63.4 Å². The van der Waals surface area contributed by atoms with Gasteiger partial charge in [0.05, 0.1) is 10.2 Å². The molecule has 0 atom stereocenters. The summed E-state index contributed by atoms with van der Waals surface area (Å²) >= 11 is 1.76. The average molecular weight is 819 g/mol. The molecule has 0 saturated heterocycles. The number of anilines is 3. The van der Waals surface area contributed by atoms with E-state index in [9.17, 15) is 0 Å². The van der Waals surface area contributed by atoms with Crippen LogP contribution in [-0.4, -0.2) is 4.98 Å². The number of aromatic nitrogens is 1. The zero-order chi connectivity index (χ0) is 42.5.